The van der Waals surface area contributed by atoms with E-state index in [1.807, 2.05) is 0 Å². The maximum atomic E-state index is 11.7. The van der Waals surface area contributed by atoms with Crippen LogP contribution in [-0.4, -0.2) is 19.5 Å². The van der Waals surface area contributed by atoms with Crippen LogP contribution in [0.5, 0.6) is 0 Å². The van der Waals surface area contributed by atoms with Crippen LogP contribution >= 0.6 is 0 Å². The number of nitrogens with two attached hydrogens (primary N) is 1. The minimum atomic E-state index is -0.102. The van der Waals surface area contributed by atoms with E-state index >= 15 is 0 Å². The monoisotopic (exact) mass is 249 g/mol. The van der Waals surface area contributed by atoms with Crippen LogP contribution in [0.25, 0.3) is 0 Å². The quantitative estimate of drug-likeness (QED) is 0.702. The highest BCUT2D eigenvalue weighted by Crippen LogP contribution is 2.20. The van der Waals surface area contributed by atoms with Crippen molar-refractivity contribution in [1.29, 1.82) is 0 Å². The van der Waals surface area contributed by atoms with Crippen LogP contribution in [0.1, 0.15) is 31.1 Å². The van der Waals surface area contributed by atoms with Gasteiger partial charge >= 0.3 is 0 Å². The van der Waals surface area contributed by atoms with Crippen LogP contribution in [-0.2, 0) is 0 Å². The molecule has 0 aromatic heterocycles. The lowest BCUT2D eigenvalue weighted by molar-refractivity contribution is 0.0964. The molecule has 0 saturated heterocycles. The van der Waals surface area contributed by atoms with Crippen molar-refractivity contribution in [3.8, 4) is 0 Å². The summed E-state index contributed by atoms with van der Waals surface area (Å²) in [5.41, 5.74) is 7.84. The SMILES string of the molecule is CNC(=O)c1ccc(N)cc1NCC(C)C(C)C. The van der Waals surface area contributed by atoms with E-state index in [9.17, 15) is 4.79 Å². The molecule has 1 unspecified atom stereocenters. The average Bonchev–Trinajstić information content (AvgIpc) is 2.34. The lowest BCUT2D eigenvalue weighted by Gasteiger charge is -2.18. The van der Waals surface area contributed by atoms with Crippen molar-refractivity contribution in [2.45, 2.75) is 20.8 Å². The molecule has 1 rings (SSSR count). The van der Waals surface area contributed by atoms with Gasteiger partial charge in [-0.25, -0.2) is 0 Å². The van der Waals surface area contributed by atoms with Crippen molar-refractivity contribution in [3.05, 3.63) is 23.8 Å². The fourth-order valence-corrected chi connectivity index (χ4v) is 1.55. The molecule has 4 heteroatoms. The molecule has 0 spiro atoms. The number of amides is 1. The molecule has 1 amide bonds. The lowest BCUT2D eigenvalue weighted by atomic mass is 9.98. The van der Waals surface area contributed by atoms with Gasteiger partial charge in [0.05, 0.1) is 5.56 Å². The van der Waals surface area contributed by atoms with Crippen LogP contribution in [0.4, 0.5) is 11.4 Å². The summed E-state index contributed by atoms with van der Waals surface area (Å²) >= 11 is 0. The van der Waals surface area contributed by atoms with Gasteiger partial charge in [-0.3, -0.25) is 4.79 Å². The number of hydrogen-bond donors (Lipinski definition) is 3. The van der Waals surface area contributed by atoms with E-state index in [0.29, 0.717) is 23.1 Å². The molecule has 0 heterocycles. The van der Waals surface area contributed by atoms with Gasteiger partial charge in [-0.2, -0.15) is 0 Å². The summed E-state index contributed by atoms with van der Waals surface area (Å²) < 4.78 is 0. The van der Waals surface area contributed by atoms with E-state index in [-0.39, 0.29) is 5.91 Å². The Morgan fingerprint density at radius 1 is 1.33 bits per heavy atom. The van der Waals surface area contributed by atoms with Crippen LogP contribution in [0.2, 0.25) is 0 Å². The van der Waals surface area contributed by atoms with Gasteiger partial charge in [-0.15, -0.1) is 0 Å². The molecule has 4 nitrogen and oxygen atoms in total. The zero-order chi connectivity index (χ0) is 13.7. The number of nitrogen functional groups attached to an aromatic ring is 1. The molecule has 1 aromatic carbocycles. The predicted molar refractivity (Wildman–Crippen MR) is 76.7 cm³/mol. The first-order valence-electron chi connectivity index (χ1n) is 6.31. The van der Waals surface area contributed by atoms with Crippen LogP contribution < -0.4 is 16.4 Å². The normalized spacial score (nSPS) is 12.3. The van der Waals surface area contributed by atoms with E-state index in [2.05, 4.69) is 31.4 Å². The van der Waals surface area contributed by atoms with E-state index in [1.165, 1.54) is 0 Å². The van der Waals surface area contributed by atoms with Crippen molar-refractivity contribution in [3.63, 3.8) is 0 Å². The van der Waals surface area contributed by atoms with Gasteiger partial charge in [0.1, 0.15) is 0 Å². The molecule has 0 aliphatic heterocycles. The summed E-state index contributed by atoms with van der Waals surface area (Å²) in [5, 5.41) is 5.94. The third kappa shape index (κ3) is 3.65. The second-order valence-electron chi connectivity index (χ2n) is 4.99. The Bertz CT molecular complexity index is 416. The first-order chi connectivity index (χ1) is 8.45. The molecular weight excluding hydrogens is 226 g/mol. The number of carbonyl (C=O) groups is 1. The fourth-order valence-electron chi connectivity index (χ4n) is 1.55. The summed E-state index contributed by atoms with van der Waals surface area (Å²) in [6, 6.07) is 5.29. The van der Waals surface area contributed by atoms with Gasteiger partial charge < -0.3 is 16.4 Å². The van der Waals surface area contributed by atoms with Gasteiger partial charge in [0.25, 0.3) is 5.91 Å². The fraction of sp³-hybridized carbons (Fsp3) is 0.500. The van der Waals surface area contributed by atoms with Crippen molar-refractivity contribution < 1.29 is 4.79 Å². The highest BCUT2D eigenvalue weighted by atomic mass is 16.1. The summed E-state index contributed by atoms with van der Waals surface area (Å²) in [7, 11) is 1.62. The molecule has 0 bridgehead atoms. The van der Waals surface area contributed by atoms with Crippen LogP contribution in [0.3, 0.4) is 0 Å². The first kappa shape index (κ1) is 14.4. The second-order valence-corrected chi connectivity index (χ2v) is 4.99. The van der Waals surface area contributed by atoms with Gasteiger partial charge in [-0.05, 0) is 30.0 Å². The minimum absolute atomic E-state index is 0.102. The number of rotatable bonds is 5. The first-order valence-corrected chi connectivity index (χ1v) is 6.31. The summed E-state index contributed by atoms with van der Waals surface area (Å²) in [5.74, 6) is 1.03. The Labute approximate surface area is 109 Å². The van der Waals surface area contributed by atoms with Gasteiger partial charge in [-0.1, -0.05) is 20.8 Å². The van der Waals surface area contributed by atoms with Crippen molar-refractivity contribution in [2.24, 2.45) is 11.8 Å². The number of benzene rings is 1. The number of carbonyl (C=O) groups excluding carboxylic acids is 1. The van der Waals surface area contributed by atoms with Crippen molar-refractivity contribution >= 4 is 17.3 Å². The topological polar surface area (TPSA) is 67.2 Å². The molecule has 0 fully saturated rings. The Morgan fingerprint density at radius 3 is 2.56 bits per heavy atom. The molecular formula is C14H23N3O. The van der Waals surface area contributed by atoms with Gasteiger partial charge in [0.15, 0.2) is 0 Å². The number of nitrogens with one attached hydrogen (secondary N) is 2. The third-order valence-electron chi connectivity index (χ3n) is 3.27. The zero-order valence-corrected chi connectivity index (χ0v) is 11.6. The van der Waals surface area contributed by atoms with Crippen LogP contribution in [0, 0.1) is 11.8 Å². The predicted octanol–water partition coefficient (Wildman–Crippen LogP) is 2.33. The number of anilines is 2. The average molecular weight is 249 g/mol. The molecule has 100 valence electrons. The molecule has 1 aromatic rings. The lowest BCUT2D eigenvalue weighted by Crippen LogP contribution is -2.22. The highest BCUT2D eigenvalue weighted by molar-refractivity contribution is 6.00. The third-order valence-corrected chi connectivity index (χ3v) is 3.27. The molecule has 4 N–H and O–H groups in total. The minimum Gasteiger partial charge on any atom is -0.399 e. The zero-order valence-electron chi connectivity index (χ0n) is 11.6. The smallest absolute Gasteiger partial charge is 0.253 e. The van der Waals surface area contributed by atoms with E-state index in [4.69, 9.17) is 5.73 Å². The molecule has 0 radical (unpaired) electrons. The molecule has 18 heavy (non-hydrogen) atoms. The van der Waals surface area contributed by atoms with Crippen molar-refractivity contribution in [2.75, 3.05) is 24.6 Å². The summed E-state index contributed by atoms with van der Waals surface area (Å²) in [6.45, 7) is 7.38. The Kier molecular flexibility index (Phi) is 5.01. The summed E-state index contributed by atoms with van der Waals surface area (Å²) in [4.78, 5) is 11.7. The molecule has 1 atom stereocenters. The maximum Gasteiger partial charge on any atom is 0.253 e. The second kappa shape index (κ2) is 6.28. The number of hydrogen-bond acceptors (Lipinski definition) is 3. The van der Waals surface area contributed by atoms with E-state index < -0.39 is 0 Å². The van der Waals surface area contributed by atoms with E-state index in [0.717, 1.165) is 12.2 Å². The Hall–Kier alpha value is -1.71. The maximum absolute atomic E-state index is 11.7. The largest absolute Gasteiger partial charge is 0.399 e. The standard InChI is InChI=1S/C14H23N3O/c1-9(2)10(3)8-17-13-7-11(15)5-6-12(13)14(18)16-4/h5-7,9-10,17H,8,15H2,1-4H3,(H,16,18). The molecule has 0 saturated carbocycles. The van der Waals surface area contributed by atoms with E-state index in [1.54, 1.807) is 25.2 Å². The Morgan fingerprint density at radius 2 is 2.00 bits per heavy atom. The highest BCUT2D eigenvalue weighted by Gasteiger charge is 2.12. The van der Waals surface area contributed by atoms with Gasteiger partial charge in [0, 0.05) is 25.0 Å². The Balaban J connectivity index is 2.86. The molecule has 0 aliphatic rings. The van der Waals surface area contributed by atoms with Gasteiger partial charge in [0.2, 0.25) is 0 Å². The van der Waals surface area contributed by atoms with Crippen molar-refractivity contribution in [1.82, 2.24) is 5.32 Å². The molecule has 0 aliphatic carbocycles. The summed E-state index contributed by atoms with van der Waals surface area (Å²) in [6.07, 6.45) is 0. The van der Waals surface area contributed by atoms with Crippen LogP contribution in [0.15, 0.2) is 18.2 Å².